The van der Waals surface area contributed by atoms with Crippen LogP contribution < -0.4 is 4.72 Å². The molecule has 0 radical (unpaired) electrons. The summed E-state index contributed by atoms with van der Waals surface area (Å²) in [5.41, 5.74) is 3.70. The van der Waals surface area contributed by atoms with E-state index in [0.29, 0.717) is 0 Å². The Kier molecular flexibility index (Phi) is 4.96. The Hall–Kier alpha value is -2.51. The number of rotatable bonds is 6. The second-order valence-electron chi connectivity index (χ2n) is 5.74. The molecular formula is C18H20N4O2S. The summed E-state index contributed by atoms with van der Waals surface area (Å²) in [6.45, 7) is 2.21. The van der Waals surface area contributed by atoms with Crippen LogP contribution in [0.5, 0.6) is 0 Å². The lowest BCUT2D eigenvalue weighted by Crippen LogP contribution is -2.23. The Labute approximate surface area is 147 Å². The summed E-state index contributed by atoms with van der Waals surface area (Å²) >= 11 is 0. The molecule has 6 nitrogen and oxygen atoms in total. The molecule has 7 heteroatoms. The van der Waals surface area contributed by atoms with Crippen molar-refractivity contribution in [2.45, 2.75) is 24.8 Å². The molecule has 1 N–H and O–H groups in total. The van der Waals surface area contributed by atoms with E-state index >= 15 is 0 Å². The first-order valence-electron chi connectivity index (χ1n) is 8.00. The normalized spacial score (nSPS) is 11.6. The summed E-state index contributed by atoms with van der Waals surface area (Å²) < 4.78 is 29.2. The zero-order valence-electron chi connectivity index (χ0n) is 14.2. The molecular weight excluding hydrogens is 336 g/mol. The number of hydrogen-bond acceptors (Lipinski definition) is 4. The van der Waals surface area contributed by atoms with Crippen molar-refractivity contribution in [2.24, 2.45) is 7.05 Å². The van der Waals surface area contributed by atoms with Gasteiger partial charge in [0.2, 0.25) is 10.0 Å². The van der Waals surface area contributed by atoms with Gasteiger partial charge in [-0.1, -0.05) is 19.1 Å². The van der Waals surface area contributed by atoms with Crippen LogP contribution in [0.25, 0.3) is 11.3 Å². The van der Waals surface area contributed by atoms with Crippen LogP contribution in [-0.4, -0.2) is 23.2 Å². The van der Waals surface area contributed by atoms with Gasteiger partial charge in [-0.2, -0.15) is 5.10 Å². The smallest absolute Gasteiger partial charge is 0.240 e. The highest BCUT2D eigenvalue weighted by atomic mass is 32.2. The van der Waals surface area contributed by atoms with Gasteiger partial charge in [-0.25, -0.2) is 13.1 Å². The topological polar surface area (TPSA) is 76.9 Å². The SMILES string of the molecule is CCc1ccc(S(=O)(=O)NCc2cncc(-c3ccnn3C)c2)cc1. The van der Waals surface area contributed by atoms with Crippen LogP contribution in [0.3, 0.4) is 0 Å². The third kappa shape index (κ3) is 3.94. The molecule has 3 aromatic rings. The molecule has 25 heavy (non-hydrogen) atoms. The van der Waals surface area contributed by atoms with E-state index in [-0.39, 0.29) is 11.4 Å². The molecule has 130 valence electrons. The van der Waals surface area contributed by atoms with E-state index in [1.165, 1.54) is 0 Å². The Morgan fingerprint density at radius 1 is 1.08 bits per heavy atom. The predicted molar refractivity (Wildman–Crippen MR) is 96.3 cm³/mol. The fourth-order valence-corrected chi connectivity index (χ4v) is 3.57. The molecule has 1 aromatic carbocycles. The lowest BCUT2D eigenvalue weighted by Gasteiger charge is -2.09. The maximum atomic E-state index is 12.4. The largest absolute Gasteiger partial charge is 0.268 e. The quantitative estimate of drug-likeness (QED) is 0.736. The Bertz CT molecular complexity index is 963. The van der Waals surface area contributed by atoms with E-state index in [1.54, 1.807) is 35.4 Å². The zero-order valence-corrected chi connectivity index (χ0v) is 15.0. The van der Waals surface area contributed by atoms with Gasteiger partial charge in [-0.15, -0.1) is 0 Å². The van der Waals surface area contributed by atoms with E-state index in [4.69, 9.17) is 0 Å². The second-order valence-corrected chi connectivity index (χ2v) is 7.51. The molecule has 0 bridgehead atoms. The number of aromatic nitrogens is 3. The van der Waals surface area contributed by atoms with Gasteiger partial charge in [0, 0.05) is 37.7 Å². The molecule has 0 unspecified atom stereocenters. The maximum Gasteiger partial charge on any atom is 0.240 e. The van der Waals surface area contributed by atoms with Gasteiger partial charge in [0.25, 0.3) is 0 Å². The molecule has 3 rings (SSSR count). The summed E-state index contributed by atoms with van der Waals surface area (Å²) in [4.78, 5) is 4.47. The molecule has 0 atom stereocenters. The average Bonchev–Trinajstić information content (AvgIpc) is 3.06. The first-order valence-corrected chi connectivity index (χ1v) is 9.49. The van der Waals surface area contributed by atoms with Crippen molar-refractivity contribution in [2.75, 3.05) is 0 Å². The van der Waals surface area contributed by atoms with Crippen molar-refractivity contribution in [3.63, 3.8) is 0 Å². The Morgan fingerprint density at radius 2 is 1.84 bits per heavy atom. The van der Waals surface area contributed by atoms with Crippen LogP contribution >= 0.6 is 0 Å². The fourth-order valence-electron chi connectivity index (χ4n) is 2.55. The van der Waals surface area contributed by atoms with Crippen molar-refractivity contribution < 1.29 is 8.42 Å². The van der Waals surface area contributed by atoms with Gasteiger partial charge in [-0.3, -0.25) is 9.67 Å². The number of aryl methyl sites for hydroxylation is 2. The maximum absolute atomic E-state index is 12.4. The second kappa shape index (κ2) is 7.16. The summed E-state index contributed by atoms with van der Waals surface area (Å²) in [6.07, 6.45) is 5.98. The minimum absolute atomic E-state index is 0.177. The first kappa shape index (κ1) is 17.3. The molecule has 0 amide bonds. The van der Waals surface area contributed by atoms with E-state index in [0.717, 1.165) is 28.8 Å². The van der Waals surface area contributed by atoms with E-state index in [2.05, 4.69) is 14.8 Å². The van der Waals surface area contributed by atoms with E-state index in [1.807, 2.05) is 38.2 Å². The van der Waals surface area contributed by atoms with Crippen LogP contribution in [-0.2, 0) is 30.0 Å². The summed E-state index contributed by atoms with van der Waals surface area (Å²) in [7, 11) is -1.70. The molecule has 0 aliphatic carbocycles. The van der Waals surface area contributed by atoms with Crippen molar-refractivity contribution in [1.82, 2.24) is 19.5 Å². The minimum Gasteiger partial charge on any atom is -0.268 e. The van der Waals surface area contributed by atoms with Crippen molar-refractivity contribution in [3.8, 4) is 11.3 Å². The summed E-state index contributed by atoms with van der Waals surface area (Å²) in [5.74, 6) is 0. The molecule has 0 spiro atoms. The number of nitrogens with one attached hydrogen (secondary N) is 1. The van der Waals surface area contributed by atoms with Gasteiger partial charge in [-0.05, 0) is 41.8 Å². The third-order valence-electron chi connectivity index (χ3n) is 4.02. The number of hydrogen-bond donors (Lipinski definition) is 1. The molecule has 0 fully saturated rings. The summed E-state index contributed by atoms with van der Waals surface area (Å²) in [6, 6.07) is 10.7. The van der Waals surface area contributed by atoms with Crippen LogP contribution in [0, 0.1) is 0 Å². The monoisotopic (exact) mass is 356 g/mol. The van der Waals surface area contributed by atoms with Crippen molar-refractivity contribution in [1.29, 1.82) is 0 Å². The summed E-state index contributed by atoms with van der Waals surface area (Å²) in [5, 5.41) is 4.14. The Balaban J connectivity index is 1.75. The Morgan fingerprint density at radius 3 is 2.48 bits per heavy atom. The third-order valence-corrected chi connectivity index (χ3v) is 5.44. The highest BCUT2D eigenvalue weighted by molar-refractivity contribution is 7.89. The van der Waals surface area contributed by atoms with Crippen LogP contribution in [0.4, 0.5) is 0 Å². The molecule has 2 aromatic heterocycles. The standard InChI is InChI=1S/C18H20N4O2S/c1-3-14-4-6-17(7-5-14)25(23,24)21-12-15-10-16(13-19-11-15)18-8-9-20-22(18)2/h4-11,13,21H,3,12H2,1-2H3. The van der Waals surface area contributed by atoms with Crippen LogP contribution in [0.1, 0.15) is 18.1 Å². The van der Waals surface area contributed by atoms with Gasteiger partial charge in [0.05, 0.1) is 10.6 Å². The van der Waals surface area contributed by atoms with Crippen molar-refractivity contribution in [3.05, 3.63) is 66.1 Å². The van der Waals surface area contributed by atoms with E-state index < -0.39 is 10.0 Å². The average molecular weight is 356 g/mol. The van der Waals surface area contributed by atoms with Crippen molar-refractivity contribution >= 4 is 10.0 Å². The molecule has 2 heterocycles. The lowest BCUT2D eigenvalue weighted by atomic mass is 10.1. The lowest BCUT2D eigenvalue weighted by molar-refractivity contribution is 0.581. The van der Waals surface area contributed by atoms with Gasteiger partial charge < -0.3 is 0 Å². The highest BCUT2D eigenvalue weighted by Crippen LogP contribution is 2.18. The number of sulfonamides is 1. The van der Waals surface area contributed by atoms with E-state index in [9.17, 15) is 8.42 Å². The van der Waals surface area contributed by atoms with Crippen LogP contribution in [0.2, 0.25) is 0 Å². The number of pyridine rings is 1. The van der Waals surface area contributed by atoms with Crippen LogP contribution in [0.15, 0.2) is 59.9 Å². The predicted octanol–water partition coefficient (Wildman–Crippen LogP) is 2.52. The van der Waals surface area contributed by atoms with Gasteiger partial charge >= 0.3 is 0 Å². The molecule has 0 aliphatic rings. The minimum atomic E-state index is -3.55. The van der Waals surface area contributed by atoms with Gasteiger partial charge in [0.1, 0.15) is 0 Å². The molecule has 0 aliphatic heterocycles. The number of benzene rings is 1. The highest BCUT2D eigenvalue weighted by Gasteiger charge is 2.14. The molecule has 0 saturated carbocycles. The fraction of sp³-hybridized carbons (Fsp3) is 0.222. The number of nitrogens with zero attached hydrogens (tertiary/aromatic N) is 3. The van der Waals surface area contributed by atoms with Gasteiger partial charge in [0.15, 0.2) is 0 Å². The zero-order chi connectivity index (χ0) is 17.9. The first-order chi connectivity index (χ1) is 12.0. The molecule has 0 saturated heterocycles.